The van der Waals surface area contributed by atoms with Crippen LogP contribution in [0.25, 0.3) is 0 Å². The molecule has 1 N–H and O–H groups in total. The molecule has 1 aromatic heterocycles. The summed E-state index contributed by atoms with van der Waals surface area (Å²) in [6, 6.07) is 17.2. The zero-order valence-electron chi connectivity index (χ0n) is 18.6. The number of nitrogens with zero attached hydrogens (tertiary/aromatic N) is 3. The third kappa shape index (κ3) is 4.78. The number of para-hydroxylation sites is 1. The second-order valence-electron chi connectivity index (χ2n) is 7.38. The van der Waals surface area contributed by atoms with E-state index in [-0.39, 0.29) is 35.9 Å². The molecule has 3 aromatic rings. The number of carbonyl (C=O) groups excluding carboxylic acids is 3. The zero-order valence-corrected chi connectivity index (χ0v) is 18.6. The van der Waals surface area contributed by atoms with Crippen molar-refractivity contribution in [2.75, 3.05) is 31.0 Å². The number of hydrogen-bond donors (Lipinski definition) is 1. The minimum absolute atomic E-state index is 0.0322. The summed E-state index contributed by atoms with van der Waals surface area (Å²) >= 11 is 0. The highest BCUT2D eigenvalue weighted by Gasteiger charge is 2.28. The number of ether oxygens (including phenoxy) is 2. The summed E-state index contributed by atoms with van der Waals surface area (Å²) < 4.78 is 10.1. The minimum atomic E-state index is -0.579. The van der Waals surface area contributed by atoms with Crippen molar-refractivity contribution >= 4 is 40.7 Å². The van der Waals surface area contributed by atoms with Crippen LogP contribution in [0.15, 0.2) is 71.9 Å². The molecule has 172 valence electrons. The van der Waals surface area contributed by atoms with Crippen molar-refractivity contribution in [1.82, 2.24) is 4.98 Å². The van der Waals surface area contributed by atoms with Gasteiger partial charge in [-0.05, 0) is 36.4 Å². The van der Waals surface area contributed by atoms with Gasteiger partial charge in [0.2, 0.25) is 11.8 Å². The van der Waals surface area contributed by atoms with Crippen molar-refractivity contribution in [3.8, 4) is 5.75 Å². The van der Waals surface area contributed by atoms with Gasteiger partial charge < -0.3 is 14.8 Å². The van der Waals surface area contributed by atoms with Crippen LogP contribution in [-0.2, 0) is 14.3 Å². The zero-order chi connectivity index (χ0) is 24.1. The number of hydrogen-bond acceptors (Lipinski definition) is 7. The molecule has 0 bridgehead atoms. The van der Waals surface area contributed by atoms with Crippen LogP contribution in [0.3, 0.4) is 0 Å². The summed E-state index contributed by atoms with van der Waals surface area (Å²) in [7, 11) is 2.83. The van der Waals surface area contributed by atoms with Crippen LogP contribution in [0.4, 0.5) is 17.2 Å². The fourth-order valence-corrected chi connectivity index (χ4v) is 3.57. The van der Waals surface area contributed by atoms with Crippen molar-refractivity contribution in [3.63, 3.8) is 0 Å². The molecule has 0 saturated carbocycles. The topological polar surface area (TPSA) is 110 Å². The fraction of sp³-hybridized carbons (Fsp3) is 0.160. The first kappa shape index (κ1) is 22.7. The van der Waals surface area contributed by atoms with Crippen molar-refractivity contribution in [3.05, 3.63) is 78.0 Å². The number of amides is 2. The standard InChI is InChI=1S/C25H22N4O5/c1-33-17-8-5-7-16(13-17)21-14-23(31)29(24-20(27-21)11-6-12-26-24)15-22(30)28-19-10-4-3-9-18(19)25(32)34-2/h3-13H,14-15H2,1-2H3,(H,28,30). The lowest BCUT2D eigenvalue weighted by atomic mass is 10.1. The normalized spacial score (nSPS) is 12.8. The molecule has 2 heterocycles. The summed E-state index contributed by atoms with van der Waals surface area (Å²) in [5.74, 6) is -0.489. The van der Waals surface area contributed by atoms with E-state index < -0.39 is 11.9 Å². The molecule has 9 nitrogen and oxygen atoms in total. The molecule has 0 saturated heterocycles. The smallest absolute Gasteiger partial charge is 0.339 e. The maximum absolute atomic E-state index is 13.2. The van der Waals surface area contributed by atoms with Crippen molar-refractivity contribution in [2.24, 2.45) is 4.99 Å². The van der Waals surface area contributed by atoms with Gasteiger partial charge >= 0.3 is 5.97 Å². The van der Waals surface area contributed by atoms with Crippen molar-refractivity contribution < 1.29 is 23.9 Å². The van der Waals surface area contributed by atoms with Crippen LogP contribution >= 0.6 is 0 Å². The molecule has 2 aromatic carbocycles. The lowest BCUT2D eigenvalue weighted by Crippen LogP contribution is -2.39. The van der Waals surface area contributed by atoms with E-state index in [2.05, 4.69) is 15.3 Å². The van der Waals surface area contributed by atoms with Gasteiger partial charge in [0.15, 0.2) is 5.82 Å². The van der Waals surface area contributed by atoms with E-state index in [1.165, 1.54) is 18.2 Å². The van der Waals surface area contributed by atoms with Gasteiger partial charge in [0.1, 0.15) is 18.0 Å². The first-order chi connectivity index (χ1) is 16.5. The molecule has 0 radical (unpaired) electrons. The average Bonchev–Trinajstić information content (AvgIpc) is 3.00. The summed E-state index contributed by atoms with van der Waals surface area (Å²) in [5.41, 5.74) is 2.24. The Kier molecular flexibility index (Phi) is 6.63. The van der Waals surface area contributed by atoms with Crippen LogP contribution in [0.1, 0.15) is 22.3 Å². The van der Waals surface area contributed by atoms with Crippen molar-refractivity contribution in [2.45, 2.75) is 6.42 Å². The first-order valence-corrected chi connectivity index (χ1v) is 10.4. The average molecular weight is 458 g/mol. The Hall–Kier alpha value is -4.53. The van der Waals surface area contributed by atoms with E-state index in [1.54, 1.807) is 55.6 Å². The molecule has 0 fully saturated rings. The largest absolute Gasteiger partial charge is 0.497 e. The number of esters is 1. The molecule has 0 unspecified atom stereocenters. The molecule has 0 spiro atoms. The Morgan fingerprint density at radius 1 is 1.06 bits per heavy atom. The van der Waals surface area contributed by atoms with Gasteiger partial charge in [-0.2, -0.15) is 0 Å². The Labute approximate surface area is 196 Å². The summed E-state index contributed by atoms with van der Waals surface area (Å²) in [6.07, 6.45) is 1.51. The number of nitrogens with one attached hydrogen (secondary N) is 1. The molecule has 2 amide bonds. The maximum Gasteiger partial charge on any atom is 0.339 e. The number of methoxy groups -OCH3 is 2. The molecule has 4 rings (SSSR count). The maximum atomic E-state index is 13.2. The number of anilines is 2. The van der Waals surface area contributed by atoms with E-state index >= 15 is 0 Å². The van der Waals surface area contributed by atoms with E-state index in [1.807, 2.05) is 12.1 Å². The SMILES string of the molecule is COC(=O)c1ccccc1NC(=O)CN1C(=O)CC(c2cccc(OC)c2)=Nc2cccnc21. The van der Waals surface area contributed by atoms with Crippen molar-refractivity contribution in [1.29, 1.82) is 0 Å². The Morgan fingerprint density at radius 2 is 1.88 bits per heavy atom. The number of fused-ring (bicyclic) bond motifs is 1. The quantitative estimate of drug-likeness (QED) is 0.567. The van der Waals surface area contributed by atoms with Crippen LogP contribution in [0.5, 0.6) is 5.75 Å². The second kappa shape index (κ2) is 9.95. The molecule has 1 aliphatic rings. The number of aliphatic imine (C=N–C) groups is 1. The number of benzene rings is 2. The Morgan fingerprint density at radius 3 is 2.68 bits per heavy atom. The molecule has 1 aliphatic heterocycles. The van der Waals surface area contributed by atoms with E-state index in [4.69, 9.17) is 9.47 Å². The number of carbonyl (C=O) groups is 3. The van der Waals surface area contributed by atoms with Gasteiger partial charge in [0.25, 0.3) is 0 Å². The summed E-state index contributed by atoms with van der Waals surface area (Å²) in [5, 5.41) is 2.69. The van der Waals surface area contributed by atoms with Gasteiger partial charge in [0, 0.05) is 11.8 Å². The molecular formula is C25H22N4O5. The summed E-state index contributed by atoms with van der Waals surface area (Å²) in [6.45, 7) is -0.306. The van der Waals surface area contributed by atoms with Crippen LogP contribution in [0.2, 0.25) is 0 Å². The van der Waals surface area contributed by atoms with E-state index in [9.17, 15) is 14.4 Å². The molecule has 0 atom stereocenters. The second-order valence-corrected chi connectivity index (χ2v) is 7.38. The predicted molar refractivity (Wildman–Crippen MR) is 127 cm³/mol. The Balaban J connectivity index is 1.61. The predicted octanol–water partition coefficient (Wildman–Crippen LogP) is 3.37. The van der Waals surface area contributed by atoms with Crippen LogP contribution in [0, 0.1) is 0 Å². The third-order valence-electron chi connectivity index (χ3n) is 5.21. The number of pyridine rings is 1. The summed E-state index contributed by atoms with van der Waals surface area (Å²) in [4.78, 5) is 48.4. The highest BCUT2D eigenvalue weighted by atomic mass is 16.5. The van der Waals surface area contributed by atoms with Crippen LogP contribution < -0.4 is 15.0 Å². The van der Waals surface area contributed by atoms with Gasteiger partial charge in [-0.3, -0.25) is 14.5 Å². The molecular weight excluding hydrogens is 436 g/mol. The first-order valence-electron chi connectivity index (χ1n) is 10.4. The van der Waals surface area contributed by atoms with E-state index in [0.29, 0.717) is 17.1 Å². The fourth-order valence-electron chi connectivity index (χ4n) is 3.57. The highest BCUT2D eigenvalue weighted by molar-refractivity contribution is 6.18. The number of aromatic nitrogens is 1. The van der Waals surface area contributed by atoms with Gasteiger partial charge in [-0.1, -0.05) is 24.3 Å². The van der Waals surface area contributed by atoms with Gasteiger partial charge in [-0.15, -0.1) is 0 Å². The molecule has 0 aliphatic carbocycles. The number of rotatable bonds is 6. The van der Waals surface area contributed by atoms with Crippen LogP contribution in [-0.4, -0.2) is 49.2 Å². The lowest BCUT2D eigenvalue weighted by Gasteiger charge is -2.21. The van der Waals surface area contributed by atoms with E-state index in [0.717, 1.165) is 5.56 Å². The minimum Gasteiger partial charge on any atom is -0.497 e. The van der Waals surface area contributed by atoms with Gasteiger partial charge in [-0.25, -0.2) is 14.8 Å². The molecule has 9 heteroatoms. The van der Waals surface area contributed by atoms with Gasteiger partial charge in [0.05, 0.1) is 37.6 Å². The third-order valence-corrected chi connectivity index (χ3v) is 5.21. The monoisotopic (exact) mass is 458 g/mol. The molecule has 34 heavy (non-hydrogen) atoms. The Bertz CT molecular complexity index is 1290. The highest BCUT2D eigenvalue weighted by Crippen LogP contribution is 2.31. The lowest BCUT2D eigenvalue weighted by molar-refractivity contribution is -0.120.